The fraction of sp³-hybridized carbons (Fsp3) is 0.727. The van der Waals surface area contributed by atoms with Gasteiger partial charge >= 0.3 is 6.01 Å². The summed E-state index contributed by atoms with van der Waals surface area (Å²) < 4.78 is 10.5. The standard InChI is InChI=1S/C11H17ClN4O2/c1-8(7-17-2)18-11-14-9(12)13-10(15-11)16-5-3-4-6-16/h8H,3-7H2,1-2H3. The van der Waals surface area contributed by atoms with Gasteiger partial charge in [-0.05, 0) is 31.4 Å². The van der Waals surface area contributed by atoms with Gasteiger partial charge in [-0.1, -0.05) is 0 Å². The number of anilines is 1. The lowest BCUT2D eigenvalue weighted by Crippen LogP contribution is -2.23. The Bertz CT molecular complexity index is 399. The Balaban J connectivity index is 2.10. The molecular weight excluding hydrogens is 256 g/mol. The predicted molar refractivity (Wildman–Crippen MR) is 68.3 cm³/mol. The van der Waals surface area contributed by atoms with E-state index >= 15 is 0 Å². The summed E-state index contributed by atoms with van der Waals surface area (Å²) in [5.74, 6) is 0.590. The van der Waals surface area contributed by atoms with Gasteiger partial charge in [-0.3, -0.25) is 0 Å². The highest BCUT2D eigenvalue weighted by Crippen LogP contribution is 2.19. The summed E-state index contributed by atoms with van der Waals surface area (Å²) in [6.07, 6.45) is 2.18. The van der Waals surface area contributed by atoms with E-state index in [2.05, 4.69) is 19.9 Å². The second-order valence-corrected chi connectivity index (χ2v) is 4.60. The molecule has 0 bridgehead atoms. The Morgan fingerprint density at radius 1 is 1.28 bits per heavy atom. The zero-order chi connectivity index (χ0) is 13.0. The van der Waals surface area contributed by atoms with Crippen LogP contribution in [-0.2, 0) is 4.74 Å². The SMILES string of the molecule is COCC(C)Oc1nc(Cl)nc(N2CCCC2)n1. The molecule has 18 heavy (non-hydrogen) atoms. The lowest BCUT2D eigenvalue weighted by molar-refractivity contribution is 0.0854. The molecule has 0 amide bonds. The van der Waals surface area contributed by atoms with Crippen molar-refractivity contribution < 1.29 is 9.47 Å². The van der Waals surface area contributed by atoms with Crippen molar-refractivity contribution in [3.63, 3.8) is 0 Å². The number of methoxy groups -OCH3 is 1. The maximum atomic E-state index is 5.89. The van der Waals surface area contributed by atoms with Gasteiger partial charge in [0.15, 0.2) is 0 Å². The van der Waals surface area contributed by atoms with Crippen molar-refractivity contribution in [3.8, 4) is 6.01 Å². The number of rotatable bonds is 5. The summed E-state index contributed by atoms with van der Waals surface area (Å²) in [6, 6.07) is 0.251. The third kappa shape index (κ3) is 3.43. The molecule has 1 aromatic rings. The van der Waals surface area contributed by atoms with E-state index in [1.807, 2.05) is 6.92 Å². The predicted octanol–water partition coefficient (Wildman–Crippen LogP) is 1.54. The molecule has 1 atom stereocenters. The van der Waals surface area contributed by atoms with Gasteiger partial charge < -0.3 is 14.4 Å². The van der Waals surface area contributed by atoms with Crippen LogP contribution in [0, 0.1) is 0 Å². The van der Waals surface area contributed by atoms with Crippen LogP contribution >= 0.6 is 11.6 Å². The highest BCUT2D eigenvalue weighted by Gasteiger charge is 2.18. The maximum Gasteiger partial charge on any atom is 0.322 e. The summed E-state index contributed by atoms with van der Waals surface area (Å²) in [5, 5.41) is 0.159. The van der Waals surface area contributed by atoms with Gasteiger partial charge in [0.25, 0.3) is 0 Å². The van der Waals surface area contributed by atoms with Gasteiger partial charge in [0.05, 0.1) is 6.61 Å². The van der Waals surface area contributed by atoms with E-state index < -0.39 is 0 Å². The molecule has 6 nitrogen and oxygen atoms in total. The molecule has 0 aliphatic carbocycles. The van der Waals surface area contributed by atoms with E-state index in [0.29, 0.717) is 12.6 Å². The summed E-state index contributed by atoms with van der Waals surface area (Å²) in [6.45, 7) is 4.26. The summed E-state index contributed by atoms with van der Waals surface area (Å²) in [5.41, 5.74) is 0. The minimum atomic E-state index is -0.125. The van der Waals surface area contributed by atoms with Gasteiger partial charge in [-0.25, -0.2) is 0 Å². The molecule has 1 fully saturated rings. The molecule has 0 radical (unpaired) electrons. The number of hydrogen-bond acceptors (Lipinski definition) is 6. The van der Waals surface area contributed by atoms with Crippen molar-refractivity contribution >= 4 is 17.5 Å². The third-order valence-corrected chi connectivity index (χ3v) is 2.84. The highest BCUT2D eigenvalue weighted by molar-refractivity contribution is 6.28. The lowest BCUT2D eigenvalue weighted by Gasteiger charge is -2.17. The van der Waals surface area contributed by atoms with Crippen LogP contribution in [0.2, 0.25) is 5.28 Å². The summed E-state index contributed by atoms with van der Waals surface area (Å²) in [4.78, 5) is 14.5. The van der Waals surface area contributed by atoms with Gasteiger partial charge in [0.2, 0.25) is 11.2 Å². The topological polar surface area (TPSA) is 60.4 Å². The fourth-order valence-electron chi connectivity index (χ4n) is 1.88. The molecule has 7 heteroatoms. The smallest absolute Gasteiger partial charge is 0.322 e. The van der Waals surface area contributed by atoms with Crippen molar-refractivity contribution in [2.24, 2.45) is 0 Å². The number of nitrogens with zero attached hydrogens (tertiary/aromatic N) is 4. The Labute approximate surface area is 111 Å². The van der Waals surface area contributed by atoms with E-state index in [4.69, 9.17) is 21.1 Å². The molecule has 0 saturated carbocycles. The largest absolute Gasteiger partial charge is 0.458 e. The molecule has 1 saturated heterocycles. The first-order valence-corrected chi connectivity index (χ1v) is 6.39. The van der Waals surface area contributed by atoms with E-state index in [1.54, 1.807) is 7.11 Å². The van der Waals surface area contributed by atoms with Gasteiger partial charge in [-0.2, -0.15) is 15.0 Å². The van der Waals surface area contributed by atoms with Crippen LogP contribution in [-0.4, -0.2) is 47.9 Å². The average molecular weight is 273 g/mol. The first kappa shape index (κ1) is 13.3. The van der Waals surface area contributed by atoms with Crippen LogP contribution in [0.3, 0.4) is 0 Å². The fourth-order valence-corrected chi connectivity index (χ4v) is 2.03. The normalized spacial score (nSPS) is 16.9. The number of hydrogen-bond donors (Lipinski definition) is 0. The Morgan fingerprint density at radius 2 is 2.00 bits per heavy atom. The Morgan fingerprint density at radius 3 is 2.67 bits per heavy atom. The average Bonchev–Trinajstić information content (AvgIpc) is 2.81. The molecule has 0 N–H and O–H groups in total. The first-order valence-electron chi connectivity index (χ1n) is 6.01. The molecule has 2 heterocycles. The molecule has 2 rings (SSSR count). The van der Waals surface area contributed by atoms with E-state index in [-0.39, 0.29) is 17.4 Å². The monoisotopic (exact) mass is 272 g/mol. The molecule has 0 aromatic carbocycles. The first-order chi connectivity index (χ1) is 8.69. The second-order valence-electron chi connectivity index (χ2n) is 4.26. The van der Waals surface area contributed by atoms with Crippen LogP contribution in [0.5, 0.6) is 6.01 Å². The van der Waals surface area contributed by atoms with E-state index in [1.165, 1.54) is 0 Å². The summed E-state index contributed by atoms with van der Waals surface area (Å²) >= 11 is 5.89. The van der Waals surface area contributed by atoms with Crippen molar-refractivity contribution in [2.75, 3.05) is 31.7 Å². The lowest BCUT2D eigenvalue weighted by atomic mass is 10.4. The maximum absolute atomic E-state index is 5.89. The van der Waals surface area contributed by atoms with Crippen LogP contribution in [0.1, 0.15) is 19.8 Å². The zero-order valence-corrected chi connectivity index (χ0v) is 11.4. The molecule has 1 unspecified atom stereocenters. The molecule has 1 aliphatic heterocycles. The van der Waals surface area contributed by atoms with Crippen LogP contribution in [0.25, 0.3) is 0 Å². The van der Waals surface area contributed by atoms with Crippen LogP contribution < -0.4 is 9.64 Å². The van der Waals surface area contributed by atoms with Gasteiger partial charge in [-0.15, -0.1) is 0 Å². The molecule has 1 aromatic heterocycles. The Hall–Kier alpha value is -1.14. The molecule has 100 valence electrons. The zero-order valence-electron chi connectivity index (χ0n) is 10.6. The van der Waals surface area contributed by atoms with E-state index in [9.17, 15) is 0 Å². The minimum Gasteiger partial charge on any atom is -0.458 e. The number of halogens is 1. The van der Waals surface area contributed by atoms with Crippen molar-refractivity contribution in [1.29, 1.82) is 0 Å². The minimum absolute atomic E-state index is 0.125. The van der Waals surface area contributed by atoms with Crippen LogP contribution in [0.4, 0.5) is 5.95 Å². The van der Waals surface area contributed by atoms with Gasteiger partial charge in [0.1, 0.15) is 6.10 Å². The van der Waals surface area contributed by atoms with Crippen molar-refractivity contribution in [1.82, 2.24) is 15.0 Å². The molecule has 1 aliphatic rings. The quantitative estimate of drug-likeness (QED) is 0.810. The third-order valence-electron chi connectivity index (χ3n) is 2.67. The Kier molecular flexibility index (Phi) is 4.54. The number of ether oxygens (including phenoxy) is 2. The summed E-state index contributed by atoms with van der Waals surface area (Å²) in [7, 11) is 1.62. The van der Waals surface area contributed by atoms with Crippen molar-refractivity contribution in [2.45, 2.75) is 25.9 Å². The second kappa shape index (κ2) is 6.15. The van der Waals surface area contributed by atoms with Crippen LogP contribution in [0.15, 0.2) is 0 Å². The van der Waals surface area contributed by atoms with E-state index in [0.717, 1.165) is 25.9 Å². The van der Waals surface area contributed by atoms with Crippen molar-refractivity contribution in [3.05, 3.63) is 5.28 Å². The highest BCUT2D eigenvalue weighted by atomic mass is 35.5. The molecule has 0 spiro atoms. The van der Waals surface area contributed by atoms with Gasteiger partial charge in [0, 0.05) is 20.2 Å². The molecular formula is C11H17ClN4O2. The number of aromatic nitrogens is 3.